The van der Waals surface area contributed by atoms with Crippen molar-refractivity contribution >= 4 is 29.3 Å². The zero-order valence-electron chi connectivity index (χ0n) is 13.0. The Labute approximate surface area is 136 Å². The van der Waals surface area contributed by atoms with E-state index in [1.165, 1.54) is 25.7 Å². The number of carbonyl (C=O) groups excluding carboxylic acids is 2. The summed E-state index contributed by atoms with van der Waals surface area (Å²) in [6.07, 6.45) is 8.25. The van der Waals surface area contributed by atoms with Crippen LogP contribution in [-0.2, 0) is 14.3 Å². The molecule has 0 atom stereocenters. The van der Waals surface area contributed by atoms with E-state index in [0.29, 0.717) is 12.3 Å². The van der Waals surface area contributed by atoms with E-state index in [4.69, 9.17) is 4.74 Å². The molecule has 4 nitrogen and oxygen atoms in total. The third-order valence-corrected chi connectivity index (χ3v) is 4.77. The van der Waals surface area contributed by atoms with Crippen LogP contribution in [0.1, 0.15) is 38.5 Å². The number of thioether (sulfide) groups is 1. The monoisotopic (exact) mass is 321 g/mol. The summed E-state index contributed by atoms with van der Waals surface area (Å²) in [4.78, 5) is 24.5. The summed E-state index contributed by atoms with van der Waals surface area (Å²) < 4.78 is 5.05. The fourth-order valence-electron chi connectivity index (χ4n) is 2.77. The molecule has 1 fully saturated rings. The average molecular weight is 321 g/mol. The Hall–Kier alpha value is -1.49. The lowest BCUT2D eigenvalue weighted by Crippen LogP contribution is -2.21. The van der Waals surface area contributed by atoms with E-state index in [-0.39, 0.29) is 18.5 Å². The van der Waals surface area contributed by atoms with E-state index in [0.717, 1.165) is 17.0 Å². The number of para-hydroxylation sites is 1. The Bertz CT molecular complexity index is 512. The summed E-state index contributed by atoms with van der Waals surface area (Å²) in [6.45, 7) is -0.216. The van der Waals surface area contributed by atoms with Gasteiger partial charge in [-0.1, -0.05) is 37.8 Å². The maximum Gasteiger partial charge on any atom is 0.306 e. The number of rotatable bonds is 7. The molecule has 0 spiro atoms. The molecule has 22 heavy (non-hydrogen) atoms. The summed E-state index contributed by atoms with van der Waals surface area (Å²) >= 11 is 1.56. The molecule has 0 aliphatic heterocycles. The number of anilines is 1. The molecule has 0 aromatic heterocycles. The van der Waals surface area contributed by atoms with Gasteiger partial charge >= 0.3 is 5.97 Å². The number of hydrogen-bond acceptors (Lipinski definition) is 4. The van der Waals surface area contributed by atoms with Gasteiger partial charge in [-0.3, -0.25) is 9.59 Å². The molecule has 5 heteroatoms. The standard InChI is InChI=1S/C17H23NO3S/c1-22-15-9-5-4-8-14(15)18-16(19)12-21-17(20)11-10-13-6-2-3-7-13/h4-5,8-9,13H,2-3,6-7,10-12H2,1H3,(H,18,19). The van der Waals surface area contributed by atoms with Gasteiger partial charge < -0.3 is 10.1 Å². The molecule has 1 aromatic rings. The van der Waals surface area contributed by atoms with Gasteiger partial charge in [0.25, 0.3) is 5.91 Å². The van der Waals surface area contributed by atoms with E-state index in [1.54, 1.807) is 11.8 Å². The van der Waals surface area contributed by atoms with Gasteiger partial charge in [0.1, 0.15) is 0 Å². The number of esters is 1. The van der Waals surface area contributed by atoms with Gasteiger partial charge in [-0.15, -0.1) is 11.8 Å². The SMILES string of the molecule is CSc1ccccc1NC(=O)COC(=O)CCC1CCCC1. The van der Waals surface area contributed by atoms with E-state index in [9.17, 15) is 9.59 Å². The van der Waals surface area contributed by atoms with Gasteiger partial charge in [0, 0.05) is 11.3 Å². The summed E-state index contributed by atoms with van der Waals surface area (Å²) in [5.74, 6) is 0.0887. The highest BCUT2D eigenvalue weighted by Gasteiger charge is 2.17. The Balaban J connectivity index is 1.69. The normalized spacial score (nSPS) is 14.8. The van der Waals surface area contributed by atoms with Crippen molar-refractivity contribution < 1.29 is 14.3 Å². The Morgan fingerprint density at radius 2 is 2.00 bits per heavy atom. The van der Waals surface area contributed by atoms with Crippen LogP contribution in [0.5, 0.6) is 0 Å². The largest absolute Gasteiger partial charge is 0.456 e. The maximum absolute atomic E-state index is 11.8. The van der Waals surface area contributed by atoms with Crippen molar-refractivity contribution in [3.05, 3.63) is 24.3 Å². The van der Waals surface area contributed by atoms with Gasteiger partial charge in [-0.05, 0) is 30.7 Å². The average Bonchev–Trinajstić information content (AvgIpc) is 3.05. The van der Waals surface area contributed by atoms with Crippen molar-refractivity contribution in [3.63, 3.8) is 0 Å². The topological polar surface area (TPSA) is 55.4 Å². The van der Waals surface area contributed by atoms with Crippen LogP contribution >= 0.6 is 11.8 Å². The second-order valence-corrected chi connectivity index (χ2v) is 6.45. The summed E-state index contributed by atoms with van der Waals surface area (Å²) in [5, 5.41) is 2.78. The molecule has 0 heterocycles. The molecular weight excluding hydrogens is 298 g/mol. The van der Waals surface area contributed by atoms with Crippen molar-refractivity contribution in [2.45, 2.75) is 43.4 Å². The fourth-order valence-corrected chi connectivity index (χ4v) is 3.33. The van der Waals surface area contributed by atoms with Crippen LogP contribution in [0.25, 0.3) is 0 Å². The molecule has 1 amide bonds. The summed E-state index contributed by atoms with van der Waals surface area (Å²) in [5.41, 5.74) is 0.752. The van der Waals surface area contributed by atoms with E-state index < -0.39 is 0 Å². The maximum atomic E-state index is 11.8. The number of carbonyl (C=O) groups is 2. The molecular formula is C17H23NO3S. The molecule has 0 unspecified atom stereocenters. The lowest BCUT2D eigenvalue weighted by molar-refractivity contribution is -0.147. The van der Waals surface area contributed by atoms with Crippen molar-refractivity contribution in [1.82, 2.24) is 0 Å². The predicted molar refractivity (Wildman–Crippen MR) is 89.0 cm³/mol. The fraction of sp³-hybridized carbons (Fsp3) is 0.529. The molecule has 1 N–H and O–H groups in total. The molecule has 0 bridgehead atoms. The quantitative estimate of drug-likeness (QED) is 0.612. The second-order valence-electron chi connectivity index (χ2n) is 5.60. The molecule has 1 aliphatic carbocycles. The third-order valence-electron chi connectivity index (χ3n) is 3.98. The van der Waals surface area contributed by atoms with Crippen LogP contribution in [0.4, 0.5) is 5.69 Å². The van der Waals surface area contributed by atoms with Crippen molar-refractivity contribution in [1.29, 1.82) is 0 Å². The van der Waals surface area contributed by atoms with E-state index in [2.05, 4.69) is 5.32 Å². The van der Waals surface area contributed by atoms with Gasteiger partial charge in [0.2, 0.25) is 0 Å². The Morgan fingerprint density at radius 3 is 2.73 bits per heavy atom. The second kappa shape index (κ2) is 8.83. The zero-order chi connectivity index (χ0) is 15.8. The molecule has 1 aliphatic rings. The van der Waals surface area contributed by atoms with Gasteiger partial charge in [0.15, 0.2) is 6.61 Å². The molecule has 0 saturated heterocycles. The first-order valence-corrected chi connectivity index (χ1v) is 9.00. The van der Waals surface area contributed by atoms with Gasteiger partial charge in [0.05, 0.1) is 5.69 Å². The highest BCUT2D eigenvalue weighted by atomic mass is 32.2. The first-order chi connectivity index (χ1) is 10.7. The minimum Gasteiger partial charge on any atom is -0.456 e. The van der Waals surface area contributed by atoms with Crippen molar-refractivity contribution in [2.75, 3.05) is 18.2 Å². The number of benzene rings is 1. The number of hydrogen-bond donors (Lipinski definition) is 1. The minimum atomic E-state index is -0.296. The minimum absolute atomic E-state index is 0.216. The summed E-state index contributed by atoms with van der Waals surface area (Å²) in [7, 11) is 0. The van der Waals surface area contributed by atoms with Crippen LogP contribution in [0.15, 0.2) is 29.2 Å². The van der Waals surface area contributed by atoms with Crippen LogP contribution in [0, 0.1) is 5.92 Å². The smallest absolute Gasteiger partial charge is 0.306 e. The molecule has 2 rings (SSSR count). The van der Waals surface area contributed by atoms with Gasteiger partial charge in [-0.25, -0.2) is 0 Å². The molecule has 1 saturated carbocycles. The lowest BCUT2D eigenvalue weighted by atomic mass is 10.0. The van der Waals surface area contributed by atoms with Crippen LogP contribution < -0.4 is 5.32 Å². The Morgan fingerprint density at radius 1 is 1.27 bits per heavy atom. The Kier molecular flexibility index (Phi) is 6.77. The van der Waals surface area contributed by atoms with Crippen LogP contribution in [-0.4, -0.2) is 24.7 Å². The predicted octanol–water partition coefficient (Wildman–Crippen LogP) is 3.86. The van der Waals surface area contributed by atoms with Gasteiger partial charge in [-0.2, -0.15) is 0 Å². The van der Waals surface area contributed by atoms with Crippen molar-refractivity contribution in [2.24, 2.45) is 5.92 Å². The molecule has 0 radical (unpaired) electrons. The highest BCUT2D eigenvalue weighted by molar-refractivity contribution is 7.98. The van der Waals surface area contributed by atoms with Crippen LogP contribution in [0.3, 0.4) is 0 Å². The third kappa shape index (κ3) is 5.37. The lowest BCUT2D eigenvalue weighted by Gasteiger charge is -2.10. The molecule has 120 valence electrons. The summed E-state index contributed by atoms with van der Waals surface area (Å²) in [6, 6.07) is 7.56. The first-order valence-electron chi connectivity index (χ1n) is 7.77. The number of nitrogens with one attached hydrogen (secondary N) is 1. The first kappa shape index (κ1) is 16.9. The number of ether oxygens (including phenoxy) is 1. The number of amides is 1. The zero-order valence-corrected chi connectivity index (χ0v) is 13.8. The van der Waals surface area contributed by atoms with E-state index >= 15 is 0 Å². The highest BCUT2D eigenvalue weighted by Crippen LogP contribution is 2.28. The molecule has 1 aromatic carbocycles. The van der Waals surface area contributed by atoms with E-state index in [1.807, 2.05) is 30.5 Å². The van der Waals surface area contributed by atoms with Crippen molar-refractivity contribution in [3.8, 4) is 0 Å². The van der Waals surface area contributed by atoms with Crippen LogP contribution in [0.2, 0.25) is 0 Å².